The van der Waals surface area contributed by atoms with Gasteiger partial charge in [-0.05, 0) is 25.5 Å². The first kappa shape index (κ1) is 22.0. The van der Waals surface area contributed by atoms with Crippen LogP contribution in [0.3, 0.4) is 0 Å². The van der Waals surface area contributed by atoms with E-state index in [4.69, 9.17) is 0 Å². The maximum absolute atomic E-state index is 13.5. The monoisotopic (exact) mass is 374 g/mol. The predicted molar refractivity (Wildman–Crippen MR) is 93.3 cm³/mol. The molecule has 0 bridgehead atoms. The fourth-order valence-corrected chi connectivity index (χ4v) is 2.53. The van der Waals surface area contributed by atoms with Crippen molar-refractivity contribution in [1.82, 2.24) is 5.32 Å². The molecule has 0 radical (unpaired) electrons. The van der Waals surface area contributed by atoms with Crippen LogP contribution in [-0.4, -0.2) is 38.0 Å². The average Bonchev–Trinajstić information content (AvgIpc) is 2.55. The van der Waals surface area contributed by atoms with Crippen LogP contribution in [0.5, 0.6) is 0 Å². The third kappa shape index (κ3) is 7.43. The molecule has 0 spiro atoms. The Morgan fingerprint density at radius 1 is 1.08 bits per heavy atom. The van der Waals surface area contributed by atoms with Crippen molar-refractivity contribution in [1.29, 1.82) is 0 Å². The molecule has 1 rings (SSSR count). The lowest BCUT2D eigenvalue weighted by Gasteiger charge is -2.17. The number of unbranched alkanes of at least 4 members (excludes halogenated alkanes) is 2. The van der Waals surface area contributed by atoms with Crippen LogP contribution in [0.1, 0.15) is 39.5 Å². The van der Waals surface area contributed by atoms with Crippen molar-refractivity contribution in [2.75, 3.05) is 25.5 Å². The van der Waals surface area contributed by atoms with E-state index in [-0.39, 0.29) is 25.0 Å². The number of quaternary nitrogens is 1. The Kier molecular flexibility index (Phi) is 9.12. The molecule has 3 N–H and O–H groups in total. The second kappa shape index (κ2) is 10.8. The zero-order valence-electron chi connectivity index (χ0n) is 15.4. The van der Waals surface area contributed by atoms with Crippen LogP contribution in [0.25, 0.3) is 0 Å². The number of nitrogens with one attached hydrogen (secondary N) is 3. The van der Waals surface area contributed by atoms with Crippen molar-refractivity contribution in [2.24, 2.45) is 0 Å². The van der Waals surface area contributed by atoms with Crippen molar-refractivity contribution in [2.45, 2.75) is 45.6 Å². The number of halogens is 3. The Bertz CT molecular complexity index is 626. The molecule has 0 aliphatic rings. The van der Waals surface area contributed by atoms with Crippen LogP contribution in [0.2, 0.25) is 0 Å². The van der Waals surface area contributed by atoms with Crippen LogP contribution >= 0.6 is 0 Å². The largest absolute Gasteiger partial charge is 0.349 e. The molecule has 5 nitrogen and oxygen atoms in total. The number of anilines is 1. The van der Waals surface area contributed by atoms with E-state index in [0.717, 1.165) is 37.8 Å². The molecule has 0 saturated heterocycles. The highest BCUT2D eigenvalue weighted by Crippen LogP contribution is 2.19. The highest BCUT2D eigenvalue weighted by atomic mass is 19.2. The van der Waals surface area contributed by atoms with Gasteiger partial charge in [-0.2, -0.15) is 0 Å². The summed E-state index contributed by atoms with van der Waals surface area (Å²) in [6, 6.07) is 1.75. The van der Waals surface area contributed by atoms with E-state index in [9.17, 15) is 22.8 Å². The van der Waals surface area contributed by atoms with Gasteiger partial charge in [-0.25, -0.2) is 13.2 Å². The summed E-state index contributed by atoms with van der Waals surface area (Å²) in [5.41, 5.74) is -0.435. The van der Waals surface area contributed by atoms with E-state index in [1.807, 2.05) is 6.92 Å². The minimum Gasteiger partial charge on any atom is -0.349 e. The quantitative estimate of drug-likeness (QED) is 0.431. The molecule has 26 heavy (non-hydrogen) atoms. The molecule has 1 aromatic carbocycles. The number of likely N-dealkylation sites (N-methyl/N-ethyl adjacent to an activating group) is 1. The lowest BCUT2D eigenvalue weighted by molar-refractivity contribution is -0.862. The second-order valence-electron chi connectivity index (χ2n) is 6.55. The van der Waals surface area contributed by atoms with Gasteiger partial charge in [0.15, 0.2) is 30.5 Å². The Balaban J connectivity index is 2.42. The van der Waals surface area contributed by atoms with Gasteiger partial charge in [0, 0.05) is 6.04 Å². The smallest absolute Gasteiger partial charge is 0.279 e. The highest BCUT2D eigenvalue weighted by molar-refractivity contribution is 5.91. The minimum absolute atomic E-state index is 0.0620. The Morgan fingerprint density at radius 2 is 1.73 bits per heavy atom. The van der Waals surface area contributed by atoms with Gasteiger partial charge >= 0.3 is 0 Å². The van der Waals surface area contributed by atoms with E-state index in [2.05, 4.69) is 17.6 Å². The Hall–Kier alpha value is -2.09. The number of benzene rings is 1. The Labute approximate surface area is 151 Å². The molecule has 2 amide bonds. The third-order valence-electron chi connectivity index (χ3n) is 3.88. The van der Waals surface area contributed by atoms with Crippen molar-refractivity contribution >= 4 is 17.5 Å². The number of carbonyl (C=O) groups is 2. The minimum atomic E-state index is -1.64. The van der Waals surface area contributed by atoms with Crippen molar-refractivity contribution in [3.63, 3.8) is 0 Å². The molecule has 0 aliphatic carbocycles. The van der Waals surface area contributed by atoms with Gasteiger partial charge < -0.3 is 15.5 Å². The molecule has 0 saturated carbocycles. The van der Waals surface area contributed by atoms with Crippen LogP contribution in [0.15, 0.2) is 12.1 Å². The summed E-state index contributed by atoms with van der Waals surface area (Å²) in [6.07, 6.45) is 4.17. The maximum atomic E-state index is 13.5. The topological polar surface area (TPSA) is 62.6 Å². The molecule has 0 aromatic heterocycles. The van der Waals surface area contributed by atoms with Gasteiger partial charge in [-0.3, -0.25) is 9.59 Å². The van der Waals surface area contributed by atoms with E-state index in [0.29, 0.717) is 4.90 Å². The van der Waals surface area contributed by atoms with Crippen molar-refractivity contribution < 1.29 is 27.7 Å². The number of rotatable bonds is 10. The summed E-state index contributed by atoms with van der Waals surface area (Å²) >= 11 is 0. The van der Waals surface area contributed by atoms with E-state index < -0.39 is 29.0 Å². The first-order chi connectivity index (χ1) is 12.2. The van der Waals surface area contributed by atoms with Gasteiger partial charge in [-0.15, -0.1) is 0 Å². The molecule has 0 aliphatic heterocycles. The molecule has 146 valence electrons. The number of hydrogen-bond acceptors (Lipinski definition) is 2. The zero-order chi connectivity index (χ0) is 19.7. The molecular weight excluding hydrogens is 347 g/mol. The first-order valence-corrected chi connectivity index (χ1v) is 8.78. The Morgan fingerprint density at radius 3 is 2.38 bits per heavy atom. The van der Waals surface area contributed by atoms with Crippen molar-refractivity contribution in [3.8, 4) is 0 Å². The zero-order valence-corrected chi connectivity index (χ0v) is 15.4. The molecule has 1 aromatic rings. The van der Waals surface area contributed by atoms with Crippen LogP contribution in [0.4, 0.5) is 18.9 Å². The average molecular weight is 374 g/mol. The number of carbonyl (C=O) groups excluding carboxylic acids is 2. The number of hydrogen-bond donors (Lipinski definition) is 3. The number of amides is 2. The molecule has 2 atom stereocenters. The summed E-state index contributed by atoms with van der Waals surface area (Å²) in [7, 11) is 1.64. The maximum Gasteiger partial charge on any atom is 0.279 e. The summed E-state index contributed by atoms with van der Waals surface area (Å²) in [5, 5.41) is 5.06. The summed E-state index contributed by atoms with van der Waals surface area (Å²) in [4.78, 5) is 24.4. The van der Waals surface area contributed by atoms with Crippen molar-refractivity contribution in [3.05, 3.63) is 29.6 Å². The second-order valence-corrected chi connectivity index (χ2v) is 6.55. The lowest BCUT2D eigenvalue weighted by Crippen LogP contribution is -3.11. The first-order valence-electron chi connectivity index (χ1n) is 8.78. The van der Waals surface area contributed by atoms with E-state index in [1.165, 1.54) is 0 Å². The predicted octanol–water partition coefficient (Wildman–Crippen LogP) is 1.64. The standard InChI is InChI=1S/C18H26F3N3O2/c1-4-5-6-7-12(2)22-15(25)10-24(3)11-16(26)23-14-9-8-13(19)17(20)18(14)21/h8-9,12H,4-7,10-11H2,1-3H3,(H,22,25)(H,23,26)/p+1/t12-/m1/s1. The van der Waals surface area contributed by atoms with Crippen LogP contribution < -0.4 is 15.5 Å². The molecule has 1 unspecified atom stereocenters. The molecule has 0 heterocycles. The molecule has 8 heteroatoms. The van der Waals surface area contributed by atoms with Gasteiger partial charge in [0.1, 0.15) is 0 Å². The van der Waals surface area contributed by atoms with Gasteiger partial charge in [-0.1, -0.05) is 26.2 Å². The van der Waals surface area contributed by atoms with E-state index >= 15 is 0 Å². The molecule has 0 fully saturated rings. The van der Waals surface area contributed by atoms with Crippen LogP contribution in [0, 0.1) is 17.5 Å². The van der Waals surface area contributed by atoms with Gasteiger partial charge in [0.2, 0.25) is 0 Å². The third-order valence-corrected chi connectivity index (χ3v) is 3.88. The van der Waals surface area contributed by atoms with Crippen LogP contribution in [-0.2, 0) is 9.59 Å². The lowest BCUT2D eigenvalue weighted by atomic mass is 10.1. The summed E-state index contributed by atoms with van der Waals surface area (Å²) < 4.78 is 39.6. The van der Waals surface area contributed by atoms with Gasteiger partial charge in [0.05, 0.1) is 12.7 Å². The fourth-order valence-electron chi connectivity index (χ4n) is 2.53. The molecular formula is C18H27F3N3O2+. The normalized spacial score (nSPS) is 13.2. The summed E-state index contributed by atoms with van der Waals surface area (Å²) in [5.74, 6) is -5.20. The van der Waals surface area contributed by atoms with E-state index in [1.54, 1.807) is 7.05 Å². The van der Waals surface area contributed by atoms with Gasteiger partial charge in [0.25, 0.3) is 11.8 Å². The SMILES string of the molecule is CCCCC[C@@H](C)NC(=O)C[NH+](C)CC(=O)Nc1ccc(F)c(F)c1F. The fraction of sp³-hybridized carbons (Fsp3) is 0.556. The summed E-state index contributed by atoms with van der Waals surface area (Å²) in [6.45, 7) is 4.00. The highest BCUT2D eigenvalue weighted by Gasteiger charge is 2.19.